The molecule has 0 atom stereocenters. The Morgan fingerprint density at radius 1 is 1.00 bits per heavy atom. The van der Waals surface area contributed by atoms with Gasteiger partial charge in [0.05, 0.1) is 4.90 Å². The summed E-state index contributed by atoms with van der Waals surface area (Å²) >= 11 is 3.34. The molecule has 1 aromatic heterocycles. The Morgan fingerprint density at radius 2 is 1.79 bits per heavy atom. The first-order valence-electron chi connectivity index (χ1n) is 10.1. The summed E-state index contributed by atoms with van der Waals surface area (Å²) in [5, 5.41) is 2.93. The number of ether oxygens (including phenoxy) is 2. The first kappa shape index (κ1) is 21.5. The van der Waals surface area contributed by atoms with Crippen molar-refractivity contribution >= 4 is 31.7 Å². The molecule has 0 spiro atoms. The van der Waals surface area contributed by atoms with Gasteiger partial charge in [-0.3, -0.25) is 0 Å². The minimum absolute atomic E-state index is 0.0760. The van der Waals surface area contributed by atoms with Gasteiger partial charge in [0, 0.05) is 16.6 Å². The number of benzene rings is 3. The van der Waals surface area contributed by atoms with E-state index in [1.165, 1.54) is 12.1 Å². The van der Waals surface area contributed by atoms with Gasteiger partial charge in [0.25, 0.3) is 0 Å². The molecule has 1 N–H and O–H groups in total. The second-order valence-electron chi connectivity index (χ2n) is 7.52. The van der Waals surface area contributed by atoms with Crippen LogP contribution in [0.4, 0.5) is 5.88 Å². The third kappa shape index (κ3) is 4.34. The lowest BCUT2D eigenvalue weighted by Gasteiger charge is -2.07. The molecule has 9 heteroatoms. The van der Waals surface area contributed by atoms with Crippen molar-refractivity contribution in [1.29, 1.82) is 0 Å². The fourth-order valence-corrected chi connectivity index (χ4v) is 5.00. The Labute approximate surface area is 199 Å². The lowest BCUT2D eigenvalue weighted by molar-refractivity contribution is 0.174. The zero-order chi connectivity index (χ0) is 23.0. The normalized spacial score (nSPS) is 12.7. The van der Waals surface area contributed by atoms with E-state index in [0.717, 1.165) is 15.6 Å². The van der Waals surface area contributed by atoms with Gasteiger partial charge >= 0.3 is 0 Å². The van der Waals surface area contributed by atoms with Crippen molar-refractivity contribution in [3.8, 4) is 23.0 Å². The van der Waals surface area contributed by atoms with Crippen LogP contribution < -0.4 is 14.8 Å². The van der Waals surface area contributed by atoms with Crippen LogP contribution in [0.1, 0.15) is 11.1 Å². The Balaban J connectivity index is 1.53. The molecule has 7 nitrogen and oxygen atoms in total. The molecule has 4 aromatic rings. The second-order valence-corrected chi connectivity index (χ2v) is 10.3. The molecule has 0 radical (unpaired) electrons. The molecule has 0 saturated heterocycles. The number of anilines is 1. The summed E-state index contributed by atoms with van der Waals surface area (Å²) in [5.74, 6) is 1.63. The largest absolute Gasteiger partial charge is 0.454 e. The summed E-state index contributed by atoms with van der Waals surface area (Å²) in [6.45, 7) is 2.44. The van der Waals surface area contributed by atoms with Crippen molar-refractivity contribution in [2.45, 2.75) is 23.4 Å². The van der Waals surface area contributed by atoms with Crippen molar-refractivity contribution in [2.24, 2.45) is 0 Å². The molecule has 168 valence electrons. The molecule has 0 fully saturated rings. The summed E-state index contributed by atoms with van der Waals surface area (Å²) in [5.41, 5.74) is 2.58. The molecule has 0 aliphatic carbocycles. The molecular formula is C24H19BrN2O5S. The minimum Gasteiger partial charge on any atom is -0.454 e. The second kappa shape index (κ2) is 8.57. The Kier molecular flexibility index (Phi) is 5.59. The van der Waals surface area contributed by atoms with E-state index in [4.69, 9.17) is 13.9 Å². The average molecular weight is 527 g/mol. The number of nitrogens with one attached hydrogen (secondary N) is 1. The molecule has 0 unspecified atom stereocenters. The summed E-state index contributed by atoms with van der Waals surface area (Å²) in [6.07, 6.45) is 0. The van der Waals surface area contributed by atoms with Crippen LogP contribution in [0, 0.1) is 6.92 Å². The number of halogens is 1. The minimum atomic E-state index is -3.93. The summed E-state index contributed by atoms with van der Waals surface area (Å²) < 4.78 is 44.3. The van der Waals surface area contributed by atoms with E-state index < -0.39 is 9.84 Å². The number of hydrogen-bond acceptors (Lipinski definition) is 7. The Bertz CT molecular complexity index is 1430. The van der Waals surface area contributed by atoms with Crippen LogP contribution >= 0.6 is 15.9 Å². The maximum absolute atomic E-state index is 13.4. The third-order valence-corrected chi connectivity index (χ3v) is 7.34. The van der Waals surface area contributed by atoms with E-state index in [1.807, 2.05) is 49.4 Å². The monoisotopic (exact) mass is 526 g/mol. The van der Waals surface area contributed by atoms with Crippen LogP contribution in [0.5, 0.6) is 11.5 Å². The van der Waals surface area contributed by atoms with Crippen molar-refractivity contribution in [2.75, 3.05) is 12.1 Å². The number of hydrogen-bond donors (Lipinski definition) is 1. The van der Waals surface area contributed by atoms with Crippen LogP contribution in [0.25, 0.3) is 11.5 Å². The highest BCUT2D eigenvalue weighted by Crippen LogP contribution is 2.35. The summed E-state index contributed by atoms with van der Waals surface area (Å²) in [6, 6.07) is 19.5. The van der Waals surface area contributed by atoms with Gasteiger partial charge in [-0.2, -0.15) is 4.98 Å². The van der Waals surface area contributed by atoms with Crippen LogP contribution in [0.2, 0.25) is 0 Å². The maximum Gasteiger partial charge on any atom is 0.234 e. The number of aromatic nitrogens is 1. The van der Waals surface area contributed by atoms with Crippen molar-refractivity contribution in [3.63, 3.8) is 0 Å². The molecule has 2 heterocycles. The topological polar surface area (TPSA) is 90.7 Å². The highest BCUT2D eigenvalue weighted by atomic mass is 79.9. The van der Waals surface area contributed by atoms with Crippen molar-refractivity contribution in [3.05, 3.63) is 82.3 Å². The van der Waals surface area contributed by atoms with Gasteiger partial charge in [-0.1, -0.05) is 39.7 Å². The van der Waals surface area contributed by atoms with Gasteiger partial charge in [-0.15, -0.1) is 0 Å². The maximum atomic E-state index is 13.4. The number of rotatable bonds is 6. The van der Waals surface area contributed by atoms with Gasteiger partial charge in [0.2, 0.25) is 33.4 Å². The average Bonchev–Trinajstić information content (AvgIpc) is 3.45. The van der Waals surface area contributed by atoms with Gasteiger partial charge < -0.3 is 19.2 Å². The lowest BCUT2D eigenvalue weighted by atomic mass is 10.1. The lowest BCUT2D eigenvalue weighted by Crippen LogP contribution is -2.07. The number of oxazole rings is 1. The zero-order valence-corrected chi connectivity index (χ0v) is 19.9. The third-order valence-electron chi connectivity index (χ3n) is 5.13. The Hall–Kier alpha value is -3.30. The SMILES string of the molecule is Cc1cccc(-c2nc(S(=O)(=O)c3ccc(Br)cc3)c(NCc3ccc4c(c3)OCO4)o2)c1. The quantitative estimate of drug-likeness (QED) is 0.350. The van der Waals surface area contributed by atoms with E-state index in [-0.39, 0.29) is 28.5 Å². The highest BCUT2D eigenvalue weighted by molar-refractivity contribution is 9.10. The molecule has 1 aliphatic rings. The van der Waals surface area contributed by atoms with E-state index in [2.05, 4.69) is 26.2 Å². The van der Waals surface area contributed by atoms with Crippen LogP contribution in [-0.2, 0) is 16.4 Å². The number of aryl methyl sites for hydroxylation is 1. The first-order chi connectivity index (χ1) is 15.9. The molecule has 5 rings (SSSR count). The number of sulfone groups is 1. The Morgan fingerprint density at radius 3 is 2.58 bits per heavy atom. The van der Waals surface area contributed by atoms with Crippen molar-refractivity contribution < 1.29 is 22.3 Å². The molecule has 1 aliphatic heterocycles. The van der Waals surface area contributed by atoms with E-state index in [1.54, 1.807) is 12.1 Å². The number of fused-ring (bicyclic) bond motifs is 1. The molecule has 33 heavy (non-hydrogen) atoms. The van der Waals surface area contributed by atoms with Crippen molar-refractivity contribution in [1.82, 2.24) is 4.98 Å². The van der Waals surface area contributed by atoms with E-state index >= 15 is 0 Å². The van der Waals surface area contributed by atoms with E-state index in [9.17, 15) is 8.42 Å². The van der Waals surface area contributed by atoms with Crippen LogP contribution in [0.3, 0.4) is 0 Å². The fourth-order valence-electron chi connectivity index (χ4n) is 3.46. The molecular weight excluding hydrogens is 508 g/mol. The van der Waals surface area contributed by atoms with Gasteiger partial charge in [-0.25, -0.2) is 8.42 Å². The smallest absolute Gasteiger partial charge is 0.234 e. The predicted octanol–water partition coefficient (Wildman–Crippen LogP) is 5.59. The fraction of sp³-hybridized carbons (Fsp3) is 0.125. The number of nitrogens with zero attached hydrogens (tertiary/aromatic N) is 1. The molecule has 0 saturated carbocycles. The van der Waals surface area contributed by atoms with Gasteiger partial charge in [-0.05, 0) is 61.0 Å². The van der Waals surface area contributed by atoms with Crippen LogP contribution in [0.15, 0.2) is 85.5 Å². The van der Waals surface area contributed by atoms with Crippen LogP contribution in [-0.4, -0.2) is 20.2 Å². The zero-order valence-electron chi connectivity index (χ0n) is 17.5. The standard InChI is InChI=1S/C24H19BrN2O5S/c1-15-3-2-4-17(11-15)22-27-24(33(28,29)19-8-6-18(25)7-9-19)23(32-22)26-13-16-5-10-20-21(12-16)31-14-30-20/h2-12,26H,13-14H2,1H3. The summed E-state index contributed by atoms with van der Waals surface area (Å²) in [4.78, 5) is 4.51. The highest BCUT2D eigenvalue weighted by Gasteiger charge is 2.28. The van der Waals surface area contributed by atoms with E-state index in [0.29, 0.717) is 23.6 Å². The van der Waals surface area contributed by atoms with Gasteiger partial charge in [0.15, 0.2) is 11.5 Å². The first-order valence-corrected chi connectivity index (χ1v) is 12.4. The predicted molar refractivity (Wildman–Crippen MR) is 126 cm³/mol. The molecule has 0 bridgehead atoms. The molecule has 0 amide bonds. The molecule has 3 aromatic carbocycles. The summed E-state index contributed by atoms with van der Waals surface area (Å²) in [7, 11) is -3.93. The van der Waals surface area contributed by atoms with Gasteiger partial charge in [0.1, 0.15) is 0 Å².